The minimum Gasteiger partial charge on any atom is -0.397 e. The van der Waals surface area contributed by atoms with Crippen LogP contribution in [0.25, 0.3) is 0 Å². The van der Waals surface area contributed by atoms with Crippen LogP contribution in [0.2, 0.25) is 5.02 Å². The van der Waals surface area contributed by atoms with Crippen LogP contribution in [0.4, 0.5) is 5.69 Å². The van der Waals surface area contributed by atoms with Crippen LogP contribution in [0.15, 0.2) is 17.0 Å². The molecule has 1 aromatic carbocycles. The van der Waals surface area contributed by atoms with Crippen LogP contribution < -0.4 is 10.5 Å². The van der Waals surface area contributed by atoms with Crippen molar-refractivity contribution in [2.75, 3.05) is 12.3 Å². The van der Waals surface area contributed by atoms with Crippen molar-refractivity contribution >= 4 is 27.3 Å². The Morgan fingerprint density at radius 1 is 1.32 bits per heavy atom. The predicted octanol–water partition coefficient (Wildman–Crippen LogP) is 2.95. The number of sulfonamides is 1. The number of hydrogen-bond acceptors (Lipinski definition) is 3. The van der Waals surface area contributed by atoms with Crippen LogP contribution in [0, 0.1) is 12.3 Å². The zero-order chi connectivity index (χ0) is 14.8. The molecule has 0 fully saturated rings. The number of benzene rings is 1. The highest BCUT2D eigenvalue weighted by molar-refractivity contribution is 7.89. The summed E-state index contributed by atoms with van der Waals surface area (Å²) in [6.07, 6.45) is 0.758. The lowest BCUT2D eigenvalue weighted by Crippen LogP contribution is -2.27. The summed E-state index contributed by atoms with van der Waals surface area (Å²) >= 11 is 5.92. The number of rotatable bonds is 4. The molecule has 0 radical (unpaired) electrons. The van der Waals surface area contributed by atoms with Crippen molar-refractivity contribution in [3.05, 3.63) is 22.7 Å². The number of nitrogens with one attached hydrogen (secondary N) is 1. The molecule has 0 aliphatic heterocycles. The van der Waals surface area contributed by atoms with E-state index < -0.39 is 10.0 Å². The monoisotopic (exact) mass is 304 g/mol. The minimum absolute atomic E-state index is 0.0808. The molecule has 1 rings (SSSR count). The first-order valence-electron chi connectivity index (χ1n) is 6.08. The standard InChI is InChI=1S/C13H21ClN2O2S/c1-9-7-10(8-11(15)12(9)14)19(17,18)16-6-5-13(2,3)4/h7-8,16H,5-6,15H2,1-4H3. The molecule has 3 N–H and O–H groups in total. The zero-order valence-corrected chi connectivity index (χ0v) is 13.3. The molecule has 0 heterocycles. The van der Waals surface area contributed by atoms with Gasteiger partial charge >= 0.3 is 0 Å². The molecule has 0 spiro atoms. The van der Waals surface area contributed by atoms with Crippen molar-refractivity contribution in [3.8, 4) is 0 Å². The first-order chi connectivity index (χ1) is 8.53. The van der Waals surface area contributed by atoms with Gasteiger partial charge in [-0.1, -0.05) is 32.4 Å². The number of aryl methyl sites for hydroxylation is 1. The third kappa shape index (κ3) is 4.67. The number of nitrogen functional groups attached to an aromatic ring is 1. The topological polar surface area (TPSA) is 72.2 Å². The maximum Gasteiger partial charge on any atom is 0.240 e. The van der Waals surface area contributed by atoms with Gasteiger partial charge in [0.25, 0.3) is 0 Å². The third-order valence-electron chi connectivity index (χ3n) is 2.73. The van der Waals surface area contributed by atoms with E-state index in [1.807, 2.05) is 0 Å². The van der Waals surface area contributed by atoms with E-state index in [4.69, 9.17) is 17.3 Å². The fourth-order valence-corrected chi connectivity index (χ4v) is 2.82. The molecule has 0 saturated heterocycles. The van der Waals surface area contributed by atoms with Gasteiger partial charge < -0.3 is 5.73 Å². The highest BCUT2D eigenvalue weighted by Crippen LogP contribution is 2.27. The highest BCUT2D eigenvalue weighted by atomic mass is 35.5. The van der Waals surface area contributed by atoms with Crippen molar-refractivity contribution in [1.29, 1.82) is 0 Å². The third-order valence-corrected chi connectivity index (χ3v) is 4.69. The van der Waals surface area contributed by atoms with Gasteiger partial charge in [-0.25, -0.2) is 13.1 Å². The van der Waals surface area contributed by atoms with Gasteiger partial charge in [0, 0.05) is 6.54 Å². The first kappa shape index (κ1) is 16.3. The predicted molar refractivity (Wildman–Crippen MR) is 79.9 cm³/mol. The molecule has 0 unspecified atom stereocenters. The molecule has 0 atom stereocenters. The van der Waals surface area contributed by atoms with Gasteiger partial charge in [-0.15, -0.1) is 0 Å². The second-order valence-corrected chi connectivity index (χ2v) is 8.00. The highest BCUT2D eigenvalue weighted by Gasteiger charge is 2.18. The Morgan fingerprint density at radius 3 is 2.37 bits per heavy atom. The Balaban J connectivity index is 2.90. The molecule has 0 aliphatic carbocycles. The molecule has 108 valence electrons. The number of nitrogens with two attached hydrogens (primary N) is 1. The summed E-state index contributed by atoms with van der Waals surface area (Å²) in [4.78, 5) is 0.154. The second-order valence-electron chi connectivity index (χ2n) is 5.85. The fourth-order valence-electron chi connectivity index (χ4n) is 1.56. The van der Waals surface area contributed by atoms with Crippen molar-refractivity contribution in [3.63, 3.8) is 0 Å². The van der Waals surface area contributed by atoms with Gasteiger partial charge in [-0.2, -0.15) is 0 Å². The Kier molecular flexibility index (Phi) is 4.87. The van der Waals surface area contributed by atoms with E-state index in [0.717, 1.165) is 6.42 Å². The maximum absolute atomic E-state index is 12.1. The van der Waals surface area contributed by atoms with E-state index in [1.165, 1.54) is 12.1 Å². The van der Waals surface area contributed by atoms with Crippen LogP contribution in [0.3, 0.4) is 0 Å². The average molecular weight is 305 g/mol. The van der Waals surface area contributed by atoms with Gasteiger partial charge in [0.05, 0.1) is 15.6 Å². The molecule has 1 aromatic rings. The lowest BCUT2D eigenvalue weighted by molar-refractivity contribution is 0.378. The number of anilines is 1. The second kappa shape index (κ2) is 5.69. The Morgan fingerprint density at radius 2 is 1.89 bits per heavy atom. The van der Waals surface area contributed by atoms with Crippen LogP contribution in [-0.2, 0) is 10.0 Å². The molecular formula is C13H21ClN2O2S. The lowest BCUT2D eigenvalue weighted by Gasteiger charge is -2.18. The van der Waals surface area contributed by atoms with Crippen LogP contribution in [-0.4, -0.2) is 15.0 Å². The molecule has 0 aromatic heterocycles. The summed E-state index contributed by atoms with van der Waals surface area (Å²) in [5.74, 6) is 0. The van der Waals surface area contributed by atoms with Crippen LogP contribution in [0.1, 0.15) is 32.8 Å². The molecule has 19 heavy (non-hydrogen) atoms. The molecule has 0 bridgehead atoms. The van der Waals surface area contributed by atoms with Crippen LogP contribution in [0.5, 0.6) is 0 Å². The molecule has 0 saturated carbocycles. The number of hydrogen-bond donors (Lipinski definition) is 2. The largest absolute Gasteiger partial charge is 0.397 e. The first-order valence-corrected chi connectivity index (χ1v) is 7.94. The van der Waals surface area contributed by atoms with E-state index >= 15 is 0 Å². The average Bonchev–Trinajstić information content (AvgIpc) is 2.22. The molecule has 6 heteroatoms. The Hall–Kier alpha value is -0.780. The van der Waals surface area contributed by atoms with Crippen molar-refractivity contribution in [2.45, 2.75) is 39.0 Å². The van der Waals surface area contributed by atoms with Crippen molar-refractivity contribution in [1.82, 2.24) is 4.72 Å². The van der Waals surface area contributed by atoms with E-state index in [0.29, 0.717) is 17.1 Å². The maximum atomic E-state index is 12.1. The van der Waals surface area contributed by atoms with E-state index in [-0.39, 0.29) is 16.0 Å². The summed E-state index contributed by atoms with van der Waals surface area (Å²) in [5.41, 5.74) is 6.70. The smallest absolute Gasteiger partial charge is 0.240 e. The normalized spacial score (nSPS) is 12.7. The van der Waals surface area contributed by atoms with E-state index in [9.17, 15) is 8.42 Å². The fraction of sp³-hybridized carbons (Fsp3) is 0.538. The van der Waals surface area contributed by atoms with Gasteiger partial charge in [0.15, 0.2) is 0 Å². The van der Waals surface area contributed by atoms with Crippen LogP contribution >= 0.6 is 11.6 Å². The molecular weight excluding hydrogens is 284 g/mol. The van der Waals surface area contributed by atoms with Crippen molar-refractivity contribution in [2.24, 2.45) is 5.41 Å². The van der Waals surface area contributed by atoms with Crippen molar-refractivity contribution < 1.29 is 8.42 Å². The SMILES string of the molecule is Cc1cc(S(=O)(=O)NCCC(C)(C)C)cc(N)c1Cl. The summed E-state index contributed by atoms with van der Waals surface area (Å²) in [5, 5.41) is 0.397. The van der Waals surface area contributed by atoms with E-state index in [2.05, 4.69) is 25.5 Å². The van der Waals surface area contributed by atoms with E-state index in [1.54, 1.807) is 6.92 Å². The number of halogens is 1. The quantitative estimate of drug-likeness (QED) is 0.840. The molecule has 4 nitrogen and oxygen atoms in total. The Labute approximate surface area is 120 Å². The summed E-state index contributed by atoms with van der Waals surface area (Å²) in [6.45, 7) is 8.31. The van der Waals surface area contributed by atoms with Gasteiger partial charge in [-0.05, 0) is 36.5 Å². The summed E-state index contributed by atoms with van der Waals surface area (Å²) in [7, 11) is -3.53. The zero-order valence-electron chi connectivity index (χ0n) is 11.7. The van der Waals surface area contributed by atoms with Gasteiger partial charge in [0.1, 0.15) is 0 Å². The summed E-state index contributed by atoms with van der Waals surface area (Å²) in [6, 6.07) is 2.91. The van der Waals surface area contributed by atoms with Gasteiger partial charge in [-0.3, -0.25) is 0 Å². The molecule has 0 amide bonds. The van der Waals surface area contributed by atoms with Gasteiger partial charge in [0.2, 0.25) is 10.0 Å². The minimum atomic E-state index is -3.53. The lowest BCUT2D eigenvalue weighted by atomic mass is 9.93. The Bertz CT molecular complexity index is 539. The summed E-state index contributed by atoms with van der Waals surface area (Å²) < 4.78 is 26.8. The molecule has 0 aliphatic rings.